The minimum atomic E-state index is -0.739. The van der Waals surface area contributed by atoms with Crippen molar-refractivity contribution in [2.75, 3.05) is 6.61 Å². The molecule has 0 aromatic carbocycles. The van der Waals surface area contributed by atoms with Gasteiger partial charge in [-0.05, 0) is 54.8 Å². The lowest BCUT2D eigenvalue weighted by atomic mass is 10.0. The Bertz CT molecular complexity index is 649. The van der Waals surface area contributed by atoms with E-state index in [4.69, 9.17) is 10.5 Å². The highest BCUT2D eigenvalue weighted by atomic mass is 32.1. The number of rotatable bonds is 6. The lowest BCUT2D eigenvalue weighted by molar-refractivity contribution is 0.119. The molecular weight excluding hydrogens is 314 g/mol. The number of thiophene rings is 2. The molecule has 0 radical (unpaired) electrons. The number of nitrogens with two attached hydrogens (primary N) is 1. The molecule has 0 saturated heterocycles. The van der Waals surface area contributed by atoms with Gasteiger partial charge in [-0.1, -0.05) is 18.8 Å². The zero-order valence-corrected chi connectivity index (χ0v) is 14.5. The Balaban J connectivity index is 1.78. The topological polar surface area (TPSA) is 55.5 Å². The Morgan fingerprint density at radius 3 is 2.91 bits per heavy atom. The predicted octanol–water partition coefficient (Wildman–Crippen LogP) is 3.39. The van der Waals surface area contributed by atoms with E-state index in [1.807, 2.05) is 26.0 Å². The van der Waals surface area contributed by atoms with Crippen molar-refractivity contribution in [2.45, 2.75) is 32.9 Å². The maximum absolute atomic E-state index is 9.29. The molecule has 0 bridgehead atoms. The van der Waals surface area contributed by atoms with Gasteiger partial charge in [-0.2, -0.15) is 0 Å². The zero-order valence-electron chi connectivity index (χ0n) is 12.8. The monoisotopic (exact) mass is 335 g/mol. The van der Waals surface area contributed by atoms with Gasteiger partial charge >= 0.3 is 0 Å². The van der Waals surface area contributed by atoms with Crippen LogP contribution in [0.3, 0.4) is 0 Å². The Morgan fingerprint density at radius 1 is 1.41 bits per heavy atom. The van der Waals surface area contributed by atoms with Crippen LogP contribution in [0.25, 0.3) is 0 Å². The molecule has 0 aliphatic carbocycles. The van der Waals surface area contributed by atoms with Gasteiger partial charge in [0.2, 0.25) is 0 Å². The van der Waals surface area contributed by atoms with Crippen LogP contribution in [0, 0.1) is 24.7 Å². The molecule has 0 aliphatic rings. The Hall–Kier alpha value is -1.32. The Kier molecular flexibility index (Phi) is 6.47. The third kappa shape index (κ3) is 5.47. The summed E-state index contributed by atoms with van der Waals surface area (Å²) in [5, 5.41) is 12.3. The van der Waals surface area contributed by atoms with Gasteiger partial charge in [-0.25, -0.2) is 0 Å². The van der Waals surface area contributed by atoms with E-state index in [2.05, 4.69) is 23.3 Å². The number of ether oxygens (including phenoxy) is 1. The highest BCUT2D eigenvalue weighted by Crippen LogP contribution is 2.22. The first-order chi connectivity index (χ1) is 10.5. The summed E-state index contributed by atoms with van der Waals surface area (Å²) in [6, 6.07) is 6.14. The second kappa shape index (κ2) is 8.35. The van der Waals surface area contributed by atoms with Crippen LogP contribution in [0.4, 0.5) is 0 Å². The summed E-state index contributed by atoms with van der Waals surface area (Å²) < 4.78 is 5.57. The van der Waals surface area contributed by atoms with Crippen molar-refractivity contribution in [2.24, 2.45) is 11.7 Å². The Morgan fingerprint density at radius 2 is 2.23 bits per heavy atom. The number of hydrogen-bond acceptors (Lipinski definition) is 5. The van der Waals surface area contributed by atoms with Crippen LogP contribution in [0.5, 0.6) is 5.06 Å². The van der Waals surface area contributed by atoms with Gasteiger partial charge in [-0.3, -0.25) is 0 Å². The van der Waals surface area contributed by atoms with Crippen LogP contribution in [-0.4, -0.2) is 17.9 Å². The van der Waals surface area contributed by atoms with E-state index in [-0.39, 0.29) is 5.92 Å². The molecule has 118 valence electrons. The molecular formula is C17H21NO2S2. The first-order valence-corrected chi connectivity index (χ1v) is 8.93. The van der Waals surface area contributed by atoms with E-state index in [0.29, 0.717) is 6.61 Å². The standard InChI is InChI=1S/C17H21NO2S2/c1-12-10-16(21-11-12)20-9-3-4-14-7-8-15(22-14)6-5-13(2)17(18)19/h7-8,10-11,13,17,19H,5-6,9,18H2,1-2H3/t13-,17?/m1/s1. The quantitative estimate of drug-likeness (QED) is 0.628. The Labute approximate surface area is 139 Å². The minimum Gasteiger partial charge on any atom is -0.471 e. The first-order valence-electron chi connectivity index (χ1n) is 7.24. The van der Waals surface area contributed by atoms with Gasteiger partial charge in [0.05, 0.1) is 4.88 Å². The molecule has 2 atom stereocenters. The highest BCUT2D eigenvalue weighted by molar-refractivity contribution is 7.12. The van der Waals surface area contributed by atoms with Gasteiger partial charge in [0.15, 0.2) is 5.06 Å². The van der Waals surface area contributed by atoms with Crippen molar-refractivity contribution >= 4 is 22.7 Å². The lowest BCUT2D eigenvalue weighted by Crippen LogP contribution is -2.27. The summed E-state index contributed by atoms with van der Waals surface area (Å²) in [6.45, 7) is 4.42. The average molecular weight is 335 g/mol. The fourth-order valence-electron chi connectivity index (χ4n) is 1.83. The number of aliphatic hydroxyl groups is 1. The summed E-state index contributed by atoms with van der Waals surface area (Å²) in [5.41, 5.74) is 6.67. The molecule has 0 aliphatic heterocycles. The summed E-state index contributed by atoms with van der Waals surface area (Å²) in [4.78, 5) is 2.31. The molecule has 22 heavy (non-hydrogen) atoms. The van der Waals surface area contributed by atoms with Crippen LogP contribution in [0.2, 0.25) is 0 Å². The number of aliphatic hydroxyl groups excluding tert-OH is 1. The van der Waals surface area contributed by atoms with Crippen LogP contribution < -0.4 is 10.5 Å². The molecule has 2 rings (SSSR count). The lowest BCUT2D eigenvalue weighted by Gasteiger charge is -2.12. The van der Waals surface area contributed by atoms with Crippen molar-refractivity contribution in [1.82, 2.24) is 0 Å². The molecule has 0 spiro atoms. The maximum Gasteiger partial charge on any atom is 0.175 e. The predicted molar refractivity (Wildman–Crippen MR) is 93.4 cm³/mol. The molecule has 3 N–H and O–H groups in total. The van der Waals surface area contributed by atoms with Gasteiger partial charge < -0.3 is 15.6 Å². The molecule has 0 fully saturated rings. The minimum absolute atomic E-state index is 0.110. The largest absolute Gasteiger partial charge is 0.471 e. The summed E-state index contributed by atoms with van der Waals surface area (Å²) in [7, 11) is 0. The molecule has 2 heterocycles. The fraction of sp³-hybridized carbons (Fsp3) is 0.412. The van der Waals surface area contributed by atoms with E-state index >= 15 is 0 Å². The van der Waals surface area contributed by atoms with E-state index in [0.717, 1.165) is 22.8 Å². The van der Waals surface area contributed by atoms with Gasteiger partial charge in [-0.15, -0.1) is 22.7 Å². The number of aryl methyl sites for hydroxylation is 2. The van der Waals surface area contributed by atoms with Crippen LogP contribution in [0.15, 0.2) is 23.6 Å². The molecule has 5 heteroatoms. The van der Waals surface area contributed by atoms with Crippen LogP contribution >= 0.6 is 22.7 Å². The summed E-state index contributed by atoms with van der Waals surface area (Å²) in [5.74, 6) is 6.28. The normalized spacial score (nSPS) is 13.3. The molecule has 1 unspecified atom stereocenters. The number of hydrogen-bond donors (Lipinski definition) is 2. The zero-order chi connectivity index (χ0) is 15.9. The van der Waals surface area contributed by atoms with Gasteiger partial charge in [0.25, 0.3) is 0 Å². The summed E-state index contributed by atoms with van der Waals surface area (Å²) in [6.07, 6.45) is 1.07. The van der Waals surface area contributed by atoms with E-state index in [1.54, 1.807) is 22.7 Å². The second-order valence-electron chi connectivity index (χ2n) is 5.31. The fourth-order valence-corrected chi connectivity index (χ4v) is 3.48. The van der Waals surface area contributed by atoms with E-state index < -0.39 is 6.23 Å². The highest BCUT2D eigenvalue weighted by Gasteiger charge is 2.09. The van der Waals surface area contributed by atoms with E-state index in [1.165, 1.54) is 10.4 Å². The second-order valence-corrected chi connectivity index (χ2v) is 7.35. The smallest absolute Gasteiger partial charge is 0.175 e. The molecule has 2 aromatic rings. The van der Waals surface area contributed by atoms with Crippen LogP contribution in [0.1, 0.15) is 28.7 Å². The van der Waals surface area contributed by atoms with Crippen LogP contribution in [-0.2, 0) is 6.42 Å². The van der Waals surface area contributed by atoms with Crippen molar-refractivity contribution in [3.63, 3.8) is 0 Å². The SMILES string of the molecule is Cc1csc(OCC#Cc2ccc(CC[C@@H](C)C(N)O)s2)c1. The van der Waals surface area contributed by atoms with Crippen molar-refractivity contribution in [1.29, 1.82) is 0 Å². The average Bonchev–Trinajstić information content (AvgIpc) is 3.10. The third-order valence-corrected chi connectivity index (χ3v) is 5.31. The van der Waals surface area contributed by atoms with Crippen molar-refractivity contribution < 1.29 is 9.84 Å². The molecule has 2 aromatic heterocycles. The van der Waals surface area contributed by atoms with Gasteiger partial charge in [0, 0.05) is 4.88 Å². The van der Waals surface area contributed by atoms with Crippen molar-refractivity contribution in [3.8, 4) is 16.9 Å². The molecule has 0 saturated carbocycles. The van der Waals surface area contributed by atoms with E-state index in [9.17, 15) is 5.11 Å². The van der Waals surface area contributed by atoms with Crippen molar-refractivity contribution in [3.05, 3.63) is 38.9 Å². The van der Waals surface area contributed by atoms with Gasteiger partial charge in [0.1, 0.15) is 12.8 Å². The molecule has 3 nitrogen and oxygen atoms in total. The summed E-state index contributed by atoms with van der Waals surface area (Å²) >= 11 is 3.28. The molecule has 0 amide bonds. The first kappa shape index (κ1) is 17.0. The maximum atomic E-state index is 9.29. The third-order valence-electron chi connectivity index (χ3n) is 3.30.